The molecule has 0 fully saturated rings. The fourth-order valence-corrected chi connectivity index (χ4v) is 1.25. The van der Waals surface area contributed by atoms with Crippen molar-refractivity contribution in [2.24, 2.45) is 0 Å². The average molecular weight is 213 g/mol. The van der Waals surface area contributed by atoms with Crippen LogP contribution in [0.5, 0.6) is 0 Å². The Morgan fingerprint density at radius 1 is 1.23 bits per heavy atom. The van der Waals surface area contributed by atoms with E-state index in [-0.39, 0.29) is 0 Å². The Morgan fingerprint density at radius 2 is 2.08 bits per heavy atom. The van der Waals surface area contributed by atoms with Gasteiger partial charge in [0, 0.05) is 5.56 Å². The van der Waals surface area contributed by atoms with Gasteiger partial charge < -0.3 is 4.42 Å². The molecule has 0 saturated carbocycles. The third-order valence-corrected chi connectivity index (χ3v) is 2.30. The first kappa shape index (κ1) is 8.60. The first-order valence-corrected chi connectivity index (χ1v) is 4.30. The molecule has 0 atom stereocenters. The maximum absolute atomic E-state index is 5.82. The lowest BCUT2D eigenvalue weighted by molar-refractivity contribution is 0.566. The van der Waals surface area contributed by atoms with E-state index in [2.05, 4.69) is 11.2 Å². The lowest BCUT2D eigenvalue weighted by atomic mass is 10.2. The zero-order chi connectivity index (χ0) is 9.26. The van der Waals surface area contributed by atoms with Crippen LogP contribution in [0.25, 0.3) is 11.5 Å². The summed E-state index contributed by atoms with van der Waals surface area (Å²) in [6.45, 7) is 0. The number of hydrogen-bond acceptors (Lipinski definition) is 2. The minimum absolute atomic E-state index is 0.484. The summed E-state index contributed by atoms with van der Waals surface area (Å²) >= 11 is 11.6. The van der Waals surface area contributed by atoms with E-state index in [0.717, 1.165) is 5.56 Å². The van der Waals surface area contributed by atoms with Gasteiger partial charge in [0.15, 0.2) is 6.26 Å². The van der Waals surface area contributed by atoms with Crippen molar-refractivity contribution < 1.29 is 4.42 Å². The molecule has 1 aromatic carbocycles. The molecule has 0 aliphatic carbocycles. The zero-order valence-corrected chi connectivity index (χ0v) is 7.93. The summed E-state index contributed by atoms with van der Waals surface area (Å²) in [7, 11) is 0. The minimum Gasteiger partial charge on any atom is -0.433 e. The van der Waals surface area contributed by atoms with Crippen molar-refractivity contribution in [1.29, 1.82) is 0 Å². The Bertz CT molecular complexity index is 412. The molecule has 0 aliphatic rings. The molecule has 1 aromatic heterocycles. The molecule has 1 heterocycles. The van der Waals surface area contributed by atoms with Gasteiger partial charge in [0.1, 0.15) is 0 Å². The average Bonchev–Trinajstić information content (AvgIpc) is 2.62. The Morgan fingerprint density at radius 3 is 2.69 bits per heavy atom. The van der Waals surface area contributed by atoms with E-state index >= 15 is 0 Å². The van der Waals surface area contributed by atoms with E-state index in [1.165, 1.54) is 6.20 Å². The molecule has 65 valence electrons. The van der Waals surface area contributed by atoms with Gasteiger partial charge in [-0.25, -0.2) is 4.98 Å². The first-order chi connectivity index (χ1) is 6.27. The molecule has 2 aromatic rings. The SMILES string of the molecule is Clc1ccc(-c2nc[c]o2)cc1Cl. The van der Waals surface area contributed by atoms with E-state index in [9.17, 15) is 0 Å². The van der Waals surface area contributed by atoms with Crippen LogP contribution in [0.1, 0.15) is 0 Å². The summed E-state index contributed by atoms with van der Waals surface area (Å²) in [6.07, 6.45) is 3.96. The second kappa shape index (κ2) is 3.40. The smallest absolute Gasteiger partial charge is 0.226 e. The maximum Gasteiger partial charge on any atom is 0.226 e. The molecule has 13 heavy (non-hydrogen) atoms. The van der Waals surface area contributed by atoms with Gasteiger partial charge in [-0.05, 0) is 18.2 Å². The van der Waals surface area contributed by atoms with Crippen molar-refractivity contribution in [2.45, 2.75) is 0 Å². The highest BCUT2D eigenvalue weighted by molar-refractivity contribution is 6.42. The number of rotatable bonds is 1. The summed E-state index contributed by atoms with van der Waals surface area (Å²) in [5.41, 5.74) is 0.788. The molecular weight excluding hydrogens is 209 g/mol. The number of halogens is 2. The summed E-state index contributed by atoms with van der Waals surface area (Å²) in [4.78, 5) is 3.93. The Kier molecular flexibility index (Phi) is 2.25. The molecule has 4 heteroatoms. The summed E-state index contributed by atoms with van der Waals surface area (Å²) in [6, 6.07) is 5.18. The number of hydrogen-bond donors (Lipinski definition) is 0. The topological polar surface area (TPSA) is 26.0 Å². The van der Waals surface area contributed by atoms with Gasteiger partial charge in [-0.15, -0.1) is 0 Å². The lowest BCUT2D eigenvalue weighted by Gasteiger charge is -1.97. The van der Waals surface area contributed by atoms with E-state index in [1.807, 2.05) is 0 Å². The summed E-state index contributed by atoms with van der Waals surface area (Å²) in [5, 5.41) is 0.998. The molecule has 0 aliphatic heterocycles. The monoisotopic (exact) mass is 212 g/mol. The van der Waals surface area contributed by atoms with Crippen molar-refractivity contribution >= 4 is 23.2 Å². The molecule has 0 bridgehead atoms. The quantitative estimate of drug-likeness (QED) is 0.724. The van der Waals surface area contributed by atoms with Crippen molar-refractivity contribution in [3.05, 3.63) is 40.7 Å². The van der Waals surface area contributed by atoms with E-state index in [4.69, 9.17) is 27.6 Å². The van der Waals surface area contributed by atoms with Crippen molar-refractivity contribution in [3.63, 3.8) is 0 Å². The predicted octanol–water partition coefficient (Wildman–Crippen LogP) is 3.45. The number of oxazole rings is 1. The highest BCUT2D eigenvalue weighted by Gasteiger charge is 2.04. The van der Waals surface area contributed by atoms with Crippen LogP contribution in [-0.4, -0.2) is 4.98 Å². The number of nitrogens with zero attached hydrogens (tertiary/aromatic N) is 1. The Hall–Kier alpha value is -0.990. The number of benzene rings is 1. The third-order valence-electron chi connectivity index (χ3n) is 1.56. The standard InChI is InChI=1S/C9H4Cl2NO/c10-7-2-1-6(5-8(7)11)9-12-3-4-13-9/h1-3,5H. The van der Waals surface area contributed by atoms with Crippen LogP contribution in [0.15, 0.2) is 28.8 Å². The second-order valence-corrected chi connectivity index (χ2v) is 3.23. The molecule has 2 rings (SSSR count). The van der Waals surface area contributed by atoms with Crippen LogP contribution in [-0.2, 0) is 0 Å². The van der Waals surface area contributed by atoms with Crippen LogP contribution in [0, 0.1) is 6.26 Å². The second-order valence-electron chi connectivity index (χ2n) is 2.41. The highest BCUT2D eigenvalue weighted by Crippen LogP contribution is 2.27. The van der Waals surface area contributed by atoms with Gasteiger partial charge in [-0.2, -0.15) is 0 Å². The highest BCUT2D eigenvalue weighted by atomic mass is 35.5. The summed E-state index contributed by atoms with van der Waals surface area (Å²) in [5.74, 6) is 0.485. The Labute approximate surface area is 85.1 Å². The van der Waals surface area contributed by atoms with Crippen molar-refractivity contribution in [1.82, 2.24) is 4.98 Å². The van der Waals surface area contributed by atoms with E-state index in [0.29, 0.717) is 15.9 Å². The fourth-order valence-electron chi connectivity index (χ4n) is 0.956. The van der Waals surface area contributed by atoms with Gasteiger partial charge >= 0.3 is 0 Å². The van der Waals surface area contributed by atoms with Crippen molar-refractivity contribution in [2.75, 3.05) is 0 Å². The van der Waals surface area contributed by atoms with Gasteiger partial charge in [-0.1, -0.05) is 23.2 Å². The maximum atomic E-state index is 5.82. The summed E-state index contributed by atoms with van der Waals surface area (Å²) < 4.78 is 4.98. The Balaban J connectivity index is 2.49. The molecular formula is C9H4Cl2NO. The fraction of sp³-hybridized carbons (Fsp3) is 0. The van der Waals surface area contributed by atoms with Crippen LogP contribution >= 0.6 is 23.2 Å². The predicted molar refractivity (Wildman–Crippen MR) is 50.8 cm³/mol. The van der Waals surface area contributed by atoms with Crippen LogP contribution in [0.4, 0.5) is 0 Å². The van der Waals surface area contributed by atoms with Gasteiger partial charge in [-0.3, -0.25) is 0 Å². The molecule has 1 radical (unpaired) electrons. The minimum atomic E-state index is 0.484. The largest absolute Gasteiger partial charge is 0.433 e. The van der Waals surface area contributed by atoms with Crippen LogP contribution in [0.2, 0.25) is 10.0 Å². The first-order valence-electron chi connectivity index (χ1n) is 3.54. The lowest BCUT2D eigenvalue weighted by Crippen LogP contribution is -1.77. The van der Waals surface area contributed by atoms with Gasteiger partial charge in [0.25, 0.3) is 0 Å². The van der Waals surface area contributed by atoms with Crippen molar-refractivity contribution in [3.8, 4) is 11.5 Å². The normalized spacial score (nSPS) is 10.3. The third kappa shape index (κ3) is 1.69. The molecule has 2 nitrogen and oxygen atoms in total. The molecule has 0 spiro atoms. The van der Waals surface area contributed by atoms with Gasteiger partial charge in [0.2, 0.25) is 5.89 Å². The molecule has 0 unspecified atom stereocenters. The van der Waals surface area contributed by atoms with Crippen LogP contribution in [0.3, 0.4) is 0 Å². The van der Waals surface area contributed by atoms with E-state index in [1.54, 1.807) is 18.2 Å². The zero-order valence-electron chi connectivity index (χ0n) is 6.42. The van der Waals surface area contributed by atoms with Gasteiger partial charge in [0.05, 0.1) is 16.2 Å². The van der Waals surface area contributed by atoms with Crippen LogP contribution < -0.4 is 0 Å². The number of aromatic nitrogens is 1. The molecule has 0 saturated heterocycles. The molecule has 0 N–H and O–H groups in total. The van der Waals surface area contributed by atoms with E-state index < -0.39 is 0 Å². The molecule has 0 amide bonds.